The lowest BCUT2D eigenvalue weighted by Gasteiger charge is -2.15. The highest BCUT2D eigenvalue weighted by atomic mass is 35.5. The first-order valence-corrected chi connectivity index (χ1v) is 14.8. The summed E-state index contributed by atoms with van der Waals surface area (Å²) in [7, 11) is 0. The van der Waals surface area contributed by atoms with Gasteiger partial charge in [0.15, 0.2) is 0 Å². The van der Waals surface area contributed by atoms with E-state index in [0.717, 1.165) is 18.6 Å². The number of rotatable bonds is 19. The van der Waals surface area contributed by atoms with Gasteiger partial charge >= 0.3 is 11.9 Å². The molecule has 5 nitrogen and oxygen atoms in total. The Morgan fingerprint density at radius 3 is 1.68 bits per heavy atom. The first kappa shape index (κ1) is 31.7. The smallest absolute Gasteiger partial charge is 0.343 e. The zero-order chi connectivity index (χ0) is 27.6. The minimum absolute atomic E-state index is 0.0192. The summed E-state index contributed by atoms with van der Waals surface area (Å²) in [6, 6.07) is 13.3. The molecule has 210 valence electrons. The quantitative estimate of drug-likeness (QED) is 0.0763. The summed E-state index contributed by atoms with van der Waals surface area (Å²) in [6.07, 6.45) is 15.1. The number of alkyl halides is 1. The van der Waals surface area contributed by atoms with Crippen LogP contribution in [0, 0.1) is 5.92 Å². The first-order chi connectivity index (χ1) is 18.4. The van der Waals surface area contributed by atoms with Gasteiger partial charge in [-0.25, -0.2) is 4.79 Å². The maximum absolute atomic E-state index is 12.5. The van der Waals surface area contributed by atoms with Crippen molar-refractivity contribution in [1.29, 1.82) is 0 Å². The Morgan fingerprint density at radius 1 is 0.684 bits per heavy atom. The highest BCUT2D eigenvalue weighted by Crippen LogP contribution is 2.22. The number of carbonyl (C=O) groups is 2. The van der Waals surface area contributed by atoms with Gasteiger partial charge in [-0.05, 0) is 60.9 Å². The van der Waals surface area contributed by atoms with Crippen LogP contribution in [0.2, 0.25) is 0 Å². The lowest BCUT2D eigenvalue weighted by atomic mass is 10.1. The molecule has 0 amide bonds. The Kier molecular flexibility index (Phi) is 15.6. The topological polar surface area (TPSA) is 61.8 Å². The number of hydrogen-bond acceptors (Lipinski definition) is 5. The van der Waals surface area contributed by atoms with Gasteiger partial charge in [-0.2, -0.15) is 0 Å². The molecule has 0 N–H and O–H groups in total. The average molecular weight is 545 g/mol. The number of halogens is 1. The highest BCUT2D eigenvalue weighted by molar-refractivity contribution is 6.30. The van der Waals surface area contributed by atoms with Crippen LogP contribution in [-0.4, -0.2) is 23.9 Å². The van der Waals surface area contributed by atoms with Crippen molar-refractivity contribution in [1.82, 2.24) is 0 Å². The summed E-state index contributed by atoms with van der Waals surface area (Å²) >= 11 is 6.14. The van der Waals surface area contributed by atoms with Crippen LogP contribution in [-0.2, 0) is 4.79 Å². The molecule has 0 saturated heterocycles. The monoisotopic (exact) mass is 544 g/mol. The maximum atomic E-state index is 12.5. The number of unbranched alkanes of at least 4 members (excludes halogenated alkanes) is 10. The molecule has 2 unspecified atom stereocenters. The zero-order valence-electron chi connectivity index (χ0n) is 23.4. The van der Waals surface area contributed by atoms with Gasteiger partial charge in [-0.3, -0.25) is 4.79 Å². The van der Waals surface area contributed by atoms with Crippen LogP contribution in [0.1, 0.15) is 108 Å². The number of hydrogen-bond donors (Lipinski definition) is 0. The summed E-state index contributed by atoms with van der Waals surface area (Å²) in [6.45, 7) is 6.81. The molecular weight excluding hydrogens is 500 g/mol. The van der Waals surface area contributed by atoms with Crippen molar-refractivity contribution in [3.8, 4) is 17.2 Å². The Hall–Kier alpha value is -2.53. The van der Waals surface area contributed by atoms with E-state index in [2.05, 4.69) is 6.92 Å². The Morgan fingerprint density at radius 2 is 1.16 bits per heavy atom. The predicted octanol–water partition coefficient (Wildman–Crippen LogP) is 9.15. The Balaban J connectivity index is 1.63. The highest BCUT2D eigenvalue weighted by Gasteiger charge is 2.23. The molecule has 0 fully saturated rings. The molecule has 0 aliphatic rings. The summed E-state index contributed by atoms with van der Waals surface area (Å²) in [5, 5.41) is -0.704. The number of benzene rings is 2. The lowest BCUT2D eigenvalue weighted by Crippen LogP contribution is -2.26. The average Bonchev–Trinajstić information content (AvgIpc) is 2.94. The van der Waals surface area contributed by atoms with Gasteiger partial charge in [-0.1, -0.05) is 91.4 Å². The normalized spacial score (nSPS) is 12.5. The summed E-state index contributed by atoms with van der Waals surface area (Å²) in [4.78, 5) is 24.6. The third kappa shape index (κ3) is 12.3. The van der Waals surface area contributed by atoms with E-state index < -0.39 is 17.3 Å². The Bertz CT molecular complexity index is 926. The van der Waals surface area contributed by atoms with E-state index in [1.807, 2.05) is 13.8 Å². The van der Waals surface area contributed by atoms with E-state index in [1.54, 1.807) is 48.5 Å². The van der Waals surface area contributed by atoms with Gasteiger partial charge in [0, 0.05) is 0 Å². The van der Waals surface area contributed by atoms with E-state index in [1.165, 1.54) is 64.2 Å². The fourth-order valence-corrected chi connectivity index (χ4v) is 4.22. The van der Waals surface area contributed by atoms with Crippen molar-refractivity contribution in [2.45, 2.75) is 103 Å². The van der Waals surface area contributed by atoms with Crippen molar-refractivity contribution in [3.05, 3.63) is 54.1 Å². The molecule has 2 atom stereocenters. The van der Waals surface area contributed by atoms with Crippen LogP contribution in [0.4, 0.5) is 0 Å². The summed E-state index contributed by atoms with van der Waals surface area (Å²) in [5.41, 5.74) is 0.432. The summed E-state index contributed by atoms with van der Waals surface area (Å²) < 4.78 is 16.6. The lowest BCUT2D eigenvalue weighted by molar-refractivity contribution is -0.134. The van der Waals surface area contributed by atoms with Crippen LogP contribution in [0.3, 0.4) is 0 Å². The van der Waals surface area contributed by atoms with Crippen LogP contribution in [0.15, 0.2) is 48.5 Å². The molecule has 6 heteroatoms. The molecule has 0 aromatic heterocycles. The maximum Gasteiger partial charge on any atom is 0.343 e. The number of esters is 2. The molecule has 0 radical (unpaired) electrons. The van der Waals surface area contributed by atoms with E-state index in [0.29, 0.717) is 23.7 Å². The standard InChI is InChI=1S/C32H45ClO5/c1-4-6-7-8-9-10-11-12-13-14-15-24-36-27-18-16-26(17-19-27)31(34)37-28-20-22-29(23-21-28)38-32(35)30(33)25(3)5-2/h16-23,25,30H,4-15,24H2,1-3H3. The molecule has 2 rings (SSSR count). The summed E-state index contributed by atoms with van der Waals surface area (Å²) in [5.74, 6) is 0.514. The fraction of sp³-hybridized carbons (Fsp3) is 0.562. The van der Waals surface area contributed by atoms with Crippen molar-refractivity contribution in [2.24, 2.45) is 5.92 Å². The molecule has 2 aromatic carbocycles. The first-order valence-electron chi connectivity index (χ1n) is 14.4. The third-order valence-electron chi connectivity index (χ3n) is 6.73. The predicted molar refractivity (Wildman–Crippen MR) is 155 cm³/mol. The fourth-order valence-electron chi connectivity index (χ4n) is 4.00. The minimum atomic E-state index is -0.704. The van der Waals surface area contributed by atoms with Crippen molar-refractivity contribution >= 4 is 23.5 Å². The van der Waals surface area contributed by atoms with Crippen LogP contribution >= 0.6 is 11.6 Å². The second kappa shape index (κ2) is 18.7. The van der Waals surface area contributed by atoms with Gasteiger partial charge in [0.05, 0.1) is 12.2 Å². The second-order valence-corrected chi connectivity index (χ2v) is 10.4. The molecule has 0 spiro atoms. The zero-order valence-corrected chi connectivity index (χ0v) is 24.1. The van der Waals surface area contributed by atoms with Gasteiger partial charge in [0.1, 0.15) is 22.6 Å². The van der Waals surface area contributed by atoms with E-state index in [-0.39, 0.29) is 5.92 Å². The number of ether oxygens (including phenoxy) is 3. The molecule has 0 aliphatic heterocycles. The van der Waals surface area contributed by atoms with Gasteiger partial charge in [-0.15, -0.1) is 11.6 Å². The number of carbonyl (C=O) groups excluding carboxylic acids is 2. The van der Waals surface area contributed by atoms with Gasteiger partial charge in [0.2, 0.25) is 0 Å². The van der Waals surface area contributed by atoms with Crippen molar-refractivity contribution < 1.29 is 23.8 Å². The van der Waals surface area contributed by atoms with Crippen LogP contribution < -0.4 is 14.2 Å². The third-order valence-corrected chi connectivity index (χ3v) is 7.34. The van der Waals surface area contributed by atoms with Crippen LogP contribution in [0.5, 0.6) is 17.2 Å². The van der Waals surface area contributed by atoms with Gasteiger partial charge in [0.25, 0.3) is 0 Å². The molecule has 0 aliphatic carbocycles. The molecular formula is C32H45ClO5. The molecule has 0 heterocycles. The van der Waals surface area contributed by atoms with E-state index in [4.69, 9.17) is 25.8 Å². The second-order valence-electron chi connectivity index (χ2n) is 9.98. The largest absolute Gasteiger partial charge is 0.494 e. The van der Waals surface area contributed by atoms with Crippen LogP contribution in [0.25, 0.3) is 0 Å². The molecule has 38 heavy (non-hydrogen) atoms. The van der Waals surface area contributed by atoms with Gasteiger partial charge < -0.3 is 14.2 Å². The SMILES string of the molecule is CCCCCCCCCCCCCOc1ccc(C(=O)Oc2ccc(OC(=O)C(Cl)C(C)CC)cc2)cc1. The Labute approximate surface area is 234 Å². The molecule has 0 bridgehead atoms. The van der Waals surface area contributed by atoms with Crippen molar-refractivity contribution in [3.63, 3.8) is 0 Å². The van der Waals surface area contributed by atoms with E-state index in [9.17, 15) is 9.59 Å². The minimum Gasteiger partial charge on any atom is -0.494 e. The van der Waals surface area contributed by atoms with E-state index >= 15 is 0 Å². The molecule has 0 saturated carbocycles. The molecule has 2 aromatic rings. The van der Waals surface area contributed by atoms with Crippen molar-refractivity contribution in [2.75, 3.05) is 6.61 Å².